The Kier molecular flexibility index (Phi) is 19.7. The molecule has 11 heteroatoms. The van der Waals surface area contributed by atoms with E-state index in [1.165, 1.54) is 0 Å². The lowest BCUT2D eigenvalue weighted by molar-refractivity contribution is -0.127. The van der Waals surface area contributed by atoms with Crippen molar-refractivity contribution in [3.63, 3.8) is 0 Å². The van der Waals surface area contributed by atoms with Crippen LogP contribution in [-0.4, -0.2) is 103 Å². The Morgan fingerprint density at radius 2 is 1.21 bits per heavy atom. The van der Waals surface area contributed by atoms with Crippen molar-refractivity contribution in [1.82, 2.24) is 10.6 Å². The monoisotopic (exact) mass is 494 g/mol. The van der Waals surface area contributed by atoms with Crippen molar-refractivity contribution < 1.29 is 42.5 Å². The standard InChI is InChI=1S/C23H43FN2O8/c1-19(2)21(28)26-17-20(24)22(29)25-6-8-31-10-12-33-14-16-34-15-13-32-11-9-30-7-5-23(3,4)18-27/h18-20H,5-17H2,1-4H3,(H,25,29)(H,26,28). The number of carbonyl (C=O) groups is 3. The van der Waals surface area contributed by atoms with Gasteiger partial charge in [0.05, 0.1) is 66.0 Å². The second-order valence-corrected chi connectivity index (χ2v) is 8.58. The maximum atomic E-state index is 13.7. The predicted octanol–water partition coefficient (Wildman–Crippen LogP) is 0.911. The van der Waals surface area contributed by atoms with Crippen LogP contribution >= 0.6 is 0 Å². The fourth-order valence-electron chi connectivity index (χ4n) is 2.22. The molecule has 1 atom stereocenters. The molecule has 1 unspecified atom stereocenters. The summed E-state index contributed by atoms with van der Waals surface area (Å²) in [6.07, 6.45) is -0.175. The van der Waals surface area contributed by atoms with Crippen LogP contribution in [0.4, 0.5) is 4.39 Å². The highest BCUT2D eigenvalue weighted by molar-refractivity contribution is 5.82. The number of aldehydes is 1. The number of ether oxygens (including phenoxy) is 5. The van der Waals surface area contributed by atoms with E-state index in [1.807, 2.05) is 13.8 Å². The number of hydrogen-bond acceptors (Lipinski definition) is 8. The van der Waals surface area contributed by atoms with Crippen molar-refractivity contribution in [2.24, 2.45) is 11.3 Å². The minimum Gasteiger partial charge on any atom is -0.379 e. The summed E-state index contributed by atoms with van der Waals surface area (Å²) in [5.41, 5.74) is -0.351. The SMILES string of the molecule is CC(C)C(=O)NCC(F)C(=O)NCCOCCOCCOCCOCCOCCC(C)(C)C=O. The molecule has 0 aromatic carbocycles. The van der Waals surface area contributed by atoms with Crippen LogP contribution in [0.15, 0.2) is 0 Å². The average Bonchev–Trinajstić information content (AvgIpc) is 2.81. The van der Waals surface area contributed by atoms with E-state index in [0.29, 0.717) is 65.9 Å². The lowest BCUT2D eigenvalue weighted by atomic mass is 9.92. The summed E-state index contributed by atoms with van der Waals surface area (Å²) >= 11 is 0. The van der Waals surface area contributed by atoms with Crippen LogP contribution in [0.25, 0.3) is 0 Å². The minimum atomic E-state index is -1.79. The Morgan fingerprint density at radius 3 is 1.65 bits per heavy atom. The molecule has 0 aliphatic carbocycles. The smallest absolute Gasteiger partial charge is 0.256 e. The fraction of sp³-hybridized carbons (Fsp3) is 0.870. The van der Waals surface area contributed by atoms with Gasteiger partial charge in [-0.1, -0.05) is 27.7 Å². The third-order valence-corrected chi connectivity index (χ3v) is 4.51. The molecule has 10 nitrogen and oxygen atoms in total. The molecule has 0 aliphatic rings. The van der Waals surface area contributed by atoms with Gasteiger partial charge in [-0.25, -0.2) is 4.39 Å². The van der Waals surface area contributed by atoms with E-state index < -0.39 is 12.1 Å². The number of carbonyl (C=O) groups excluding carboxylic acids is 3. The van der Waals surface area contributed by atoms with E-state index in [2.05, 4.69) is 10.6 Å². The van der Waals surface area contributed by atoms with E-state index in [9.17, 15) is 18.8 Å². The summed E-state index contributed by atoms with van der Waals surface area (Å²) in [7, 11) is 0. The van der Waals surface area contributed by atoms with Crippen LogP contribution in [0, 0.1) is 11.3 Å². The Bertz CT molecular complexity index is 549. The number of amides is 2. The van der Waals surface area contributed by atoms with Gasteiger partial charge in [-0.3, -0.25) is 9.59 Å². The van der Waals surface area contributed by atoms with Crippen LogP contribution in [-0.2, 0) is 38.1 Å². The van der Waals surface area contributed by atoms with Crippen molar-refractivity contribution in [2.75, 3.05) is 79.2 Å². The number of hydrogen-bond donors (Lipinski definition) is 2. The molecule has 0 heterocycles. The molecule has 200 valence electrons. The number of halogens is 1. The van der Waals surface area contributed by atoms with E-state index in [1.54, 1.807) is 13.8 Å². The fourth-order valence-corrected chi connectivity index (χ4v) is 2.22. The van der Waals surface area contributed by atoms with E-state index >= 15 is 0 Å². The lowest BCUT2D eigenvalue weighted by Gasteiger charge is -2.16. The molecule has 0 radical (unpaired) electrons. The first-order chi connectivity index (χ1) is 16.2. The molecule has 0 aromatic heterocycles. The molecule has 0 fully saturated rings. The van der Waals surface area contributed by atoms with Gasteiger partial charge in [-0.15, -0.1) is 0 Å². The summed E-state index contributed by atoms with van der Waals surface area (Å²) in [5, 5.41) is 4.78. The second kappa shape index (κ2) is 20.7. The van der Waals surface area contributed by atoms with Gasteiger partial charge in [0.2, 0.25) is 5.91 Å². The van der Waals surface area contributed by atoms with Crippen molar-refractivity contribution in [3.05, 3.63) is 0 Å². The van der Waals surface area contributed by atoms with Gasteiger partial charge in [0.25, 0.3) is 5.91 Å². The number of nitrogens with one attached hydrogen (secondary N) is 2. The molecule has 0 bridgehead atoms. The molecule has 0 spiro atoms. The van der Waals surface area contributed by atoms with E-state index in [0.717, 1.165) is 6.29 Å². The van der Waals surface area contributed by atoms with Crippen molar-refractivity contribution in [1.29, 1.82) is 0 Å². The third kappa shape index (κ3) is 19.8. The van der Waals surface area contributed by atoms with Crippen molar-refractivity contribution >= 4 is 18.1 Å². The molecule has 0 aliphatic heterocycles. The molecule has 2 N–H and O–H groups in total. The van der Waals surface area contributed by atoms with Crippen molar-refractivity contribution in [3.8, 4) is 0 Å². The predicted molar refractivity (Wildman–Crippen MR) is 124 cm³/mol. The molecule has 0 saturated carbocycles. The van der Waals surface area contributed by atoms with Gasteiger partial charge >= 0.3 is 0 Å². The average molecular weight is 495 g/mol. The highest BCUT2D eigenvalue weighted by Gasteiger charge is 2.18. The van der Waals surface area contributed by atoms with Crippen LogP contribution < -0.4 is 10.6 Å². The summed E-state index contributed by atoms with van der Waals surface area (Å²) in [6.45, 7) is 11.1. The lowest BCUT2D eigenvalue weighted by Crippen LogP contribution is -2.42. The van der Waals surface area contributed by atoms with Gasteiger partial charge in [-0.05, 0) is 6.42 Å². The topological polar surface area (TPSA) is 121 Å². The molecular formula is C23H43FN2O8. The summed E-state index contributed by atoms with van der Waals surface area (Å²) < 4.78 is 40.5. The first kappa shape index (κ1) is 32.3. The molecule has 34 heavy (non-hydrogen) atoms. The Balaban J connectivity index is 3.33. The maximum Gasteiger partial charge on any atom is 0.256 e. The Morgan fingerprint density at radius 1 is 0.765 bits per heavy atom. The van der Waals surface area contributed by atoms with Gasteiger partial charge < -0.3 is 39.1 Å². The first-order valence-corrected chi connectivity index (χ1v) is 11.7. The Hall–Kier alpha value is -1.66. The van der Waals surface area contributed by atoms with E-state index in [-0.39, 0.29) is 36.9 Å². The van der Waals surface area contributed by atoms with Crippen LogP contribution in [0.1, 0.15) is 34.1 Å². The molecule has 0 aromatic rings. The van der Waals surface area contributed by atoms with Crippen LogP contribution in [0.2, 0.25) is 0 Å². The highest BCUT2D eigenvalue weighted by Crippen LogP contribution is 2.15. The first-order valence-electron chi connectivity index (χ1n) is 11.7. The van der Waals surface area contributed by atoms with Crippen LogP contribution in [0.3, 0.4) is 0 Å². The quantitative estimate of drug-likeness (QED) is 0.159. The number of alkyl halides is 1. The van der Waals surface area contributed by atoms with Crippen molar-refractivity contribution in [2.45, 2.75) is 40.3 Å². The summed E-state index contributed by atoms with van der Waals surface area (Å²) in [6, 6.07) is 0. The number of rotatable bonds is 23. The zero-order chi connectivity index (χ0) is 25.7. The molecular weight excluding hydrogens is 451 g/mol. The van der Waals surface area contributed by atoms with Gasteiger partial charge in [0, 0.05) is 24.5 Å². The molecule has 2 amide bonds. The van der Waals surface area contributed by atoms with Gasteiger partial charge in [0.15, 0.2) is 6.17 Å². The van der Waals surface area contributed by atoms with Gasteiger partial charge in [0.1, 0.15) is 6.29 Å². The molecule has 0 saturated heterocycles. The summed E-state index contributed by atoms with van der Waals surface area (Å²) in [4.78, 5) is 33.7. The zero-order valence-electron chi connectivity index (χ0n) is 21.1. The van der Waals surface area contributed by atoms with Crippen LogP contribution in [0.5, 0.6) is 0 Å². The minimum absolute atomic E-state index is 0.169. The highest BCUT2D eigenvalue weighted by atomic mass is 19.1. The second-order valence-electron chi connectivity index (χ2n) is 8.58. The largest absolute Gasteiger partial charge is 0.379 e. The molecule has 0 rings (SSSR count). The van der Waals surface area contributed by atoms with E-state index in [4.69, 9.17) is 23.7 Å². The zero-order valence-corrected chi connectivity index (χ0v) is 21.1. The third-order valence-electron chi connectivity index (χ3n) is 4.51. The normalized spacial score (nSPS) is 12.5. The summed E-state index contributed by atoms with van der Waals surface area (Å²) in [5.74, 6) is -1.34. The maximum absolute atomic E-state index is 13.7. The van der Waals surface area contributed by atoms with Gasteiger partial charge in [-0.2, -0.15) is 0 Å². The Labute approximate surface area is 202 Å².